The number of hydrogen-bond acceptors (Lipinski definition) is 3. The molecule has 1 aromatic rings. The van der Waals surface area contributed by atoms with Gasteiger partial charge in [-0.15, -0.1) is 0 Å². The maximum Gasteiger partial charge on any atom is 0.255 e. The molecule has 5 nitrogen and oxygen atoms in total. The lowest BCUT2D eigenvalue weighted by Crippen LogP contribution is -2.24. The summed E-state index contributed by atoms with van der Waals surface area (Å²) in [7, 11) is 0. The van der Waals surface area contributed by atoms with Gasteiger partial charge in [-0.2, -0.15) is 0 Å². The maximum absolute atomic E-state index is 11.6. The number of benzene rings is 1. The van der Waals surface area contributed by atoms with E-state index in [0.29, 0.717) is 17.9 Å². The summed E-state index contributed by atoms with van der Waals surface area (Å²) in [5.74, 6) is -0.254. The molecule has 0 saturated carbocycles. The van der Waals surface area contributed by atoms with Crippen molar-refractivity contribution in [3.05, 3.63) is 29.8 Å². The Hall–Kier alpha value is -2.04. The molecule has 5 heteroatoms. The van der Waals surface area contributed by atoms with Gasteiger partial charge in [-0.05, 0) is 24.6 Å². The SMILES string of the molecule is CCCNC(=O)c1cccc(OCC(N)=O)c1. The second-order valence-electron chi connectivity index (χ2n) is 3.54. The molecule has 92 valence electrons. The molecular weight excluding hydrogens is 220 g/mol. The van der Waals surface area contributed by atoms with E-state index in [9.17, 15) is 9.59 Å². The first-order valence-corrected chi connectivity index (χ1v) is 5.43. The topological polar surface area (TPSA) is 81.4 Å². The Morgan fingerprint density at radius 1 is 1.41 bits per heavy atom. The monoisotopic (exact) mass is 236 g/mol. The van der Waals surface area contributed by atoms with Crippen LogP contribution in [-0.4, -0.2) is 25.0 Å². The van der Waals surface area contributed by atoms with Crippen LogP contribution in [0, 0.1) is 0 Å². The highest BCUT2D eigenvalue weighted by Crippen LogP contribution is 2.13. The highest BCUT2D eigenvalue weighted by molar-refractivity contribution is 5.94. The largest absolute Gasteiger partial charge is 0.484 e. The van der Waals surface area contributed by atoms with Crippen LogP contribution in [-0.2, 0) is 4.79 Å². The fraction of sp³-hybridized carbons (Fsp3) is 0.333. The molecule has 3 N–H and O–H groups in total. The summed E-state index contributed by atoms with van der Waals surface area (Å²) in [5.41, 5.74) is 5.46. The summed E-state index contributed by atoms with van der Waals surface area (Å²) < 4.78 is 5.11. The molecule has 0 bridgehead atoms. The van der Waals surface area contributed by atoms with Crippen LogP contribution in [0.1, 0.15) is 23.7 Å². The fourth-order valence-corrected chi connectivity index (χ4v) is 1.22. The van der Waals surface area contributed by atoms with Crippen LogP contribution in [0.4, 0.5) is 0 Å². The predicted octanol–water partition coefficient (Wildman–Crippen LogP) is 0.690. The van der Waals surface area contributed by atoms with E-state index in [0.717, 1.165) is 6.42 Å². The third kappa shape index (κ3) is 4.55. The number of rotatable bonds is 6. The number of hydrogen-bond donors (Lipinski definition) is 2. The summed E-state index contributed by atoms with van der Waals surface area (Å²) in [6.07, 6.45) is 0.879. The number of amides is 2. The summed E-state index contributed by atoms with van der Waals surface area (Å²) in [4.78, 5) is 22.2. The van der Waals surface area contributed by atoms with Crippen LogP contribution in [0.5, 0.6) is 5.75 Å². The van der Waals surface area contributed by atoms with E-state index >= 15 is 0 Å². The van der Waals surface area contributed by atoms with Crippen molar-refractivity contribution in [1.82, 2.24) is 5.32 Å². The number of carbonyl (C=O) groups is 2. The molecular formula is C12H16N2O3. The van der Waals surface area contributed by atoms with Crippen molar-refractivity contribution in [1.29, 1.82) is 0 Å². The van der Waals surface area contributed by atoms with Gasteiger partial charge in [0.25, 0.3) is 11.8 Å². The van der Waals surface area contributed by atoms with Crippen LogP contribution in [0.25, 0.3) is 0 Å². The van der Waals surface area contributed by atoms with Gasteiger partial charge < -0.3 is 15.8 Å². The van der Waals surface area contributed by atoms with Crippen molar-refractivity contribution in [2.45, 2.75) is 13.3 Å². The summed E-state index contributed by atoms with van der Waals surface area (Å²) >= 11 is 0. The standard InChI is InChI=1S/C12H16N2O3/c1-2-6-14-12(16)9-4-3-5-10(7-9)17-8-11(13)15/h3-5,7H,2,6,8H2,1H3,(H2,13,15)(H,14,16). The first kappa shape index (κ1) is 13.0. The average Bonchev–Trinajstić information content (AvgIpc) is 2.33. The fourth-order valence-electron chi connectivity index (χ4n) is 1.22. The molecule has 0 heterocycles. The smallest absolute Gasteiger partial charge is 0.255 e. The lowest BCUT2D eigenvalue weighted by Gasteiger charge is -2.06. The van der Waals surface area contributed by atoms with Crippen LogP contribution < -0.4 is 15.8 Å². The van der Waals surface area contributed by atoms with Gasteiger partial charge in [0, 0.05) is 12.1 Å². The van der Waals surface area contributed by atoms with Crippen LogP contribution in [0.2, 0.25) is 0 Å². The maximum atomic E-state index is 11.6. The quantitative estimate of drug-likeness (QED) is 0.762. The van der Waals surface area contributed by atoms with Crippen molar-refractivity contribution >= 4 is 11.8 Å². The highest BCUT2D eigenvalue weighted by Gasteiger charge is 2.06. The number of nitrogens with two attached hydrogens (primary N) is 1. The van der Waals surface area contributed by atoms with Gasteiger partial charge in [-0.3, -0.25) is 9.59 Å². The minimum Gasteiger partial charge on any atom is -0.484 e. The Kier molecular flexibility index (Phi) is 5.00. The zero-order valence-corrected chi connectivity index (χ0v) is 9.73. The van der Waals surface area contributed by atoms with Gasteiger partial charge >= 0.3 is 0 Å². The summed E-state index contributed by atoms with van der Waals surface area (Å²) in [5, 5.41) is 2.75. The minimum atomic E-state index is -0.550. The Morgan fingerprint density at radius 2 is 2.18 bits per heavy atom. The van der Waals surface area contributed by atoms with Crippen LogP contribution in [0.3, 0.4) is 0 Å². The zero-order chi connectivity index (χ0) is 12.7. The third-order valence-electron chi connectivity index (χ3n) is 2.01. The van der Waals surface area contributed by atoms with Crippen molar-refractivity contribution in [3.8, 4) is 5.75 Å². The van der Waals surface area contributed by atoms with Gasteiger partial charge in [0.2, 0.25) is 0 Å². The van der Waals surface area contributed by atoms with E-state index in [1.54, 1.807) is 24.3 Å². The Balaban J connectivity index is 2.64. The molecule has 0 atom stereocenters. The summed E-state index contributed by atoms with van der Waals surface area (Å²) in [6, 6.07) is 6.62. The molecule has 0 aromatic heterocycles. The molecule has 2 amide bonds. The molecule has 0 spiro atoms. The van der Waals surface area contributed by atoms with E-state index in [4.69, 9.17) is 10.5 Å². The zero-order valence-electron chi connectivity index (χ0n) is 9.73. The lowest BCUT2D eigenvalue weighted by atomic mass is 10.2. The van der Waals surface area contributed by atoms with E-state index in [1.807, 2.05) is 6.92 Å². The molecule has 0 radical (unpaired) electrons. The van der Waals surface area contributed by atoms with Crippen LogP contribution >= 0.6 is 0 Å². The Bertz CT molecular complexity index is 404. The van der Waals surface area contributed by atoms with Crippen molar-refractivity contribution in [3.63, 3.8) is 0 Å². The Labute approximate surface area is 99.9 Å². The predicted molar refractivity (Wildman–Crippen MR) is 63.8 cm³/mol. The van der Waals surface area contributed by atoms with Gasteiger partial charge in [-0.25, -0.2) is 0 Å². The normalized spacial score (nSPS) is 9.71. The molecule has 0 fully saturated rings. The average molecular weight is 236 g/mol. The van der Waals surface area contributed by atoms with Gasteiger partial charge in [-0.1, -0.05) is 13.0 Å². The number of ether oxygens (including phenoxy) is 1. The van der Waals surface area contributed by atoms with E-state index < -0.39 is 5.91 Å². The van der Waals surface area contributed by atoms with Gasteiger partial charge in [0.1, 0.15) is 5.75 Å². The minimum absolute atomic E-state index is 0.156. The highest BCUT2D eigenvalue weighted by atomic mass is 16.5. The Morgan fingerprint density at radius 3 is 2.82 bits per heavy atom. The third-order valence-corrected chi connectivity index (χ3v) is 2.01. The van der Waals surface area contributed by atoms with Gasteiger partial charge in [0.05, 0.1) is 0 Å². The van der Waals surface area contributed by atoms with E-state index in [1.165, 1.54) is 0 Å². The second-order valence-corrected chi connectivity index (χ2v) is 3.54. The summed E-state index contributed by atoms with van der Waals surface area (Å²) in [6.45, 7) is 2.41. The van der Waals surface area contributed by atoms with E-state index in [2.05, 4.69) is 5.32 Å². The van der Waals surface area contributed by atoms with Crippen molar-refractivity contribution in [2.24, 2.45) is 5.73 Å². The number of carbonyl (C=O) groups excluding carboxylic acids is 2. The molecule has 0 aliphatic heterocycles. The lowest BCUT2D eigenvalue weighted by molar-refractivity contribution is -0.119. The molecule has 1 aromatic carbocycles. The molecule has 0 unspecified atom stereocenters. The molecule has 0 saturated heterocycles. The molecule has 1 rings (SSSR count). The first-order valence-electron chi connectivity index (χ1n) is 5.43. The number of nitrogens with one attached hydrogen (secondary N) is 1. The molecule has 0 aliphatic rings. The van der Waals surface area contributed by atoms with Crippen LogP contribution in [0.15, 0.2) is 24.3 Å². The molecule has 17 heavy (non-hydrogen) atoms. The number of primary amides is 1. The second kappa shape index (κ2) is 6.52. The van der Waals surface area contributed by atoms with Crippen molar-refractivity contribution < 1.29 is 14.3 Å². The first-order chi connectivity index (χ1) is 8.13. The van der Waals surface area contributed by atoms with Gasteiger partial charge in [0.15, 0.2) is 6.61 Å². The van der Waals surface area contributed by atoms with E-state index in [-0.39, 0.29) is 12.5 Å². The van der Waals surface area contributed by atoms with Crippen molar-refractivity contribution in [2.75, 3.05) is 13.2 Å². The molecule has 0 aliphatic carbocycles.